The highest BCUT2D eigenvalue weighted by Crippen LogP contribution is 2.43. The fourth-order valence-electron chi connectivity index (χ4n) is 3.71. The van der Waals surface area contributed by atoms with Crippen molar-refractivity contribution < 1.29 is 27.8 Å². The minimum atomic E-state index is -2.82. The summed E-state index contributed by atoms with van der Waals surface area (Å²) in [6.07, 6.45) is 0.717. The Balaban J connectivity index is 0.00000261. The van der Waals surface area contributed by atoms with E-state index in [1.54, 1.807) is 26.2 Å². The van der Waals surface area contributed by atoms with Crippen LogP contribution in [0.1, 0.15) is 17.5 Å². The SMILES string of the molecule is COc1cc2c(c(OC)c1OC)CCN(C(=O)C1CC(F)(F)CN1)CC2.Cl. The van der Waals surface area contributed by atoms with E-state index < -0.39 is 24.9 Å². The Morgan fingerprint density at radius 1 is 1.15 bits per heavy atom. The minimum Gasteiger partial charge on any atom is -0.493 e. The van der Waals surface area contributed by atoms with Gasteiger partial charge in [0, 0.05) is 25.1 Å². The lowest BCUT2D eigenvalue weighted by molar-refractivity contribution is -0.133. The third-order valence-electron chi connectivity index (χ3n) is 5.03. The average molecular weight is 407 g/mol. The molecule has 0 spiro atoms. The van der Waals surface area contributed by atoms with Gasteiger partial charge < -0.3 is 19.1 Å². The van der Waals surface area contributed by atoms with Crippen molar-refractivity contribution in [3.05, 3.63) is 17.2 Å². The van der Waals surface area contributed by atoms with Crippen LogP contribution in [0.15, 0.2) is 6.07 Å². The number of hydrogen-bond acceptors (Lipinski definition) is 5. The molecule has 1 aromatic rings. The fraction of sp³-hybridized carbons (Fsp3) is 0.611. The summed E-state index contributed by atoms with van der Waals surface area (Å²) >= 11 is 0. The molecule has 0 bridgehead atoms. The van der Waals surface area contributed by atoms with Crippen molar-refractivity contribution in [3.63, 3.8) is 0 Å². The number of fused-ring (bicyclic) bond motifs is 1. The second kappa shape index (κ2) is 8.48. The smallest absolute Gasteiger partial charge is 0.262 e. The number of rotatable bonds is 4. The van der Waals surface area contributed by atoms with Crippen LogP contribution in [0.3, 0.4) is 0 Å². The van der Waals surface area contributed by atoms with Gasteiger partial charge in [0.2, 0.25) is 11.7 Å². The van der Waals surface area contributed by atoms with Gasteiger partial charge >= 0.3 is 0 Å². The molecule has 1 N–H and O–H groups in total. The van der Waals surface area contributed by atoms with Crippen molar-refractivity contribution >= 4 is 18.3 Å². The van der Waals surface area contributed by atoms with Gasteiger partial charge in [-0.05, 0) is 24.5 Å². The maximum absolute atomic E-state index is 13.4. The molecular weight excluding hydrogens is 382 g/mol. The number of halogens is 3. The molecule has 1 unspecified atom stereocenters. The lowest BCUT2D eigenvalue weighted by Crippen LogP contribution is -2.44. The zero-order valence-electron chi connectivity index (χ0n) is 15.6. The number of amides is 1. The summed E-state index contributed by atoms with van der Waals surface area (Å²) in [4.78, 5) is 14.3. The van der Waals surface area contributed by atoms with Crippen molar-refractivity contribution in [2.45, 2.75) is 31.2 Å². The van der Waals surface area contributed by atoms with E-state index in [4.69, 9.17) is 14.2 Å². The number of ether oxygens (including phenoxy) is 3. The number of nitrogens with one attached hydrogen (secondary N) is 1. The fourth-order valence-corrected chi connectivity index (χ4v) is 3.71. The van der Waals surface area contributed by atoms with Crippen LogP contribution in [-0.4, -0.2) is 63.7 Å². The van der Waals surface area contributed by atoms with Gasteiger partial charge in [-0.25, -0.2) is 8.78 Å². The Bertz CT molecular complexity index is 702. The van der Waals surface area contributed by atoms with E-state index in [0.717, 1.165) is 11.1 Å². The molecule has 2 aliphatic rings. The lowest BCUT2D eigenvalue weighted by atomic mass is 10.0. The highest BCUT2D eigenvalue weighted by molar-refractivity contribution is 5.85. The molecule has 1 atom stereocenters. The largest absolute Gasteiger partial charge is 0.493 e. The summed E-state index contributed by atoms with van der Waals surface area (Å²) in [5, 5.41) is 2.64. The molecule has 0 aromatic heterocycles. The van der Waals surface area contributed by atoms with Crippen LogP contribution < -0.4 is 19.5 Å². The average Bonchev–Trinajstić information content (AvgIpc) is 2.86. The number of alkyl halides is 2. The van der Waals surface area contributed by atoms with Gasteiger partial charge in [-0.3, -0.25) is 10.1 Å². The first kappa shape index (κ1) is 21.5. The van der Waals surface area contributed by atoms with Gasteiger partial charge in [0.25, 0.3) is 5.92 Å². The summed E-state index contributed by atoms with van der Waals surface area (Å²) < 4.78 is 43.2. The maximum Gasteiger partial charge on any atom is 0.262 e. The predicted octanol–water partition coefficient (Wildman–Crippen LogP) is 2.06. The van der Waals surface area contributed by atoms with Crippen molar-refractivity contribution in [1.82, 2.24) is 10.2 Å². The first-order chi connectivity index (χ1) is 12.4. The Kier molecular flexibility index (Phi) is 6.75. The second-order valence-electron chi connectivity index (χ2n) is 6.60. The molecule has 0 aliphatic carbocycles. The molecule has 6 nitrogen and oxygen atoms in total. The highest BCUT2D eigenvalue weighted by atomic mass is 35.5. The van der Waals surface area contributed by atoms with Crippen LogP contribution in [0.2, 0.25) is 0 Å². The first-order valence-corrected chi connectivity index (χ1v) is 8.61. The Labute approximate surface area is 163 Å². The number of benzene rings is 1. The Morgan fingerprint density at radius 3 is 2.37 bits per heavy atom. The molecular formula is C18H25ClF2N2O4. The summed E-state index contributed by atoms with van der Waals surface area (Å²) in [7, 11) is 4.67. The van der Waals surface area contributed by atoms with Gasteiger partial charge in [-0.1, -0.05) is 0 Å². The normalized spacial score (nSPS) is 20.9. The van der Waals surface area contributed by atoms with E-state index in [1.165, 1.54) is 0 Å². The molecule has 0 radical (unpaired) electrons. The van der Waals surface area contributed by atoms with Crippen molar-refractivity contribution in [2.75, 3.05) is 41.0 Å². The summed E-state index contributed by atoms with van der Waals surface area (Å²) in [6.45, 7) is 0.468. The van der Waals surface area contributed by atoms with Gasteiger partial charge in [-0.2, -0.15) is 0 Å². The Hall–Kier alpha value is -1.80. The summed E-state index contributed by atoms with van der Waals surface area (Å²) in [5.74, 6) is -1.40. The molecule has 152 valence electrons. The number of carbonyl (C=O) groups excluding carboxylic acids is 1. The maximum atomic E-state index is 13.4. The van der Waals surface area contributed by atoms with E-state index in [-0.39, 0.29) is 18.3 Å². The molecule has 1 saturated heterocycles. The van der Waals surface area contributed by atoms with Crippen LogP contribution in [-0.2, 0) is 17.6 Å². The molecule has 2 aliphatic heterocycles. The first-order valence-electron chi connectivity index (χ1n) is 8.61. The van der Waals surface area contributed by atoms with Crippen LogP contribution in [0.5, 0.6) is 17.2 Å². The monoisotopic (exact) mass is 406 g/mol. The molecule has 27 heavy (non-hydrogen) atoms. The number of nitrogens with zero attached hydrogens (tertiary/aromatic N) is 1. The van der Waals surface area contributed by atoms with E-state index in [9.17, 15) is 13.6 Å². The standard InChI is InChI=1S/C18H24F2N2O4.ClH/c1-24-14-8-11-4-6-22(17(23)13-9-18(19,20)10-21-13)7-5-12(11)15(25-2)16(14)26-3;/h8,13,21H,4-7,9-10H2,1-3H3;1H. The third-order valence-corrected chi connectivity index (χ3v) is 5.03. The van der Waals surface area contributed by atoms with Crippen molar-refractivity contribution in [2.24, 2.45) is 0 Å². The topological polar surface area (TPSA) is 60.0 Å². The lowest BCUT2D eigenvalue weighted by Gasteiger charge is -2.23. The van der Waals surface area contributed by atoms with Gasteiger partial charge in [0.1, 0.15) is 0 Å². The molecule has 1 amide bonds. The summed E-state index contributed by atoms with van der Waals surface area (Å²) in [5.41, 5.74) is 1.98. The second-order valence-corrected chi connectivity index (χ2v) is 6.60. The third kappa shape index (κ3) is 4.21. The molecule has 0 saturated carbocycles. The van der Waals surface area contributed by atoms with Crippen LogP contribution >= 0.6 is 12.4 Å². The molecule has 2 heterocycles. The predicted molar refractivity (Wildman–Crippen MR) is 98.7 cm³/mol. The van der Waals surface area contributed by atoms with Crippen LogP contribution in [0.25, 0.3) is 0 Å². The molecule has 1 aromatic carbocycles. The highest BCUT2D eigenvalue weighted by Gasteiger charge is 2.43. The zero-order valence-corrected chi connectivity index (χ0v) is 16.5. The molecule has 9 heteroatoms. The van der Waals surface area contributed by atoms with Crippen molar-refractivity contribution in [1.29, 1.82) is 0 Å². The van der Waals surface area contributed by atoms with E-state index in [0.29, 0.717) is 43.2 Å². The molecule has 3 rings (SSSR count). The zero-order chi connectivity index (χ0) is 18.9. The van der Waals surface area contributed by atoms with Crippen molar-refractivity contribution in [3.8, 4) is 17.2 Å². The van der Waals surface area contributed by atoms with Gasteiger partial charge in [0.05, 0.1) is 33.9 Å². The van der Waals surface area contributed by atoms with Gasteiger partial charge in [0.15, 0.2) is 11.5 Å². The van der Waals surface area contributed by atoms with E-state index in [2.05, 4.69) is 5.32 Å². The quantitative estimate of drug-likeness (QED) is 0.829. The van der Waals surface area contributed by atoms with Crippen LogP contribution in [0, 0.1) is 0 Å². The number of methoxy groups -OCH3 is 3. The number of carbonyl (C=O) groups is 1. The van der Waals surface area contributed by atoms with E-state index >= 15 is 0 Å². The number of hydrogen-bond donors (Lipinski definition) is 1. The van der Waals surface area contributed by atoms with Gasteiger partial charge in [-0.15, -0.1) is 12.4 Å². The van der Waals surface area contributed by atoms with E-state index in [1.807, 2.05) is 6.07 Å². The van der Waals surface area contributed by atoms with Crippen LogP contribution in [0.4, 0.5) is 8.78 Å². The molecule has 1 fully saturated rings. The Morgan fingerprint density at radius 2 is 1.81 bits per heavy atom. The summed E-state index contributed by atoms with van der Waals surface area (Å²) in [6, 6.07) is 1.07. The minimum absolute atomic E-state index is 0.